The Bertz CT molecular complexity index is 551. The maximum atomic E-state index is 12.5. The summed E-state index contributed by atoms with van der Waals surface area (Å²) in [6.45, 7) is 0. The predicted octanol–water partition coefficient (Wildman–Crippen LogP) is 3.49. The number of halogens is 4. The van der Waals surface area contributed by atoms with Crippen molar-refractivity contribution in [1.29, 1.82) is 0 Å². The second-order valence-electron chi connectivity index (χ2n) is 3.26. The first kappa shape index (κ1) is 11.0. The van der Waals surface area contributed by atoms with E-state index in [0.29, 0.717) is 5.52 Å². The van der Waals surface area contributed by atoms with Crippen molar-refractivity contribution >= 4 is 28.2 Å². The Morgan fingerprint density at radius 3 is 2.56 bits per heavy atom. The van der Waals surface area contributed by atoms with E-state index in [2.05, 4.69) is 4.98 Å². The number of nitrogens with two attached hydrogens (primary N) is 1. The van der Waals surface area contributed by atoms with Crippen molar-refractivity contribution in [1.82, 2.24) is 4.98 Å². The van der Waals surface area contributed by atoms with E-state index < -0.39 is 11.7 Å². The van der Waals surface area contributed by atoms with E-state index >= 15 is 0 Å². The molecule has 6 heteroatoms. The van der Waals surface area contributed by atoms with Gasteiger partial charge in [-0.2, -0.15) is 13.2 Å². The summed E-state index contributed by atoms with van der Waals surface area (Å²) >= 11 is 5.82. The molecule has 0 amide bonds. The third-order valence-corrected chi connectivity index (χ3v) is 2.58. The molecule has 1 aromatic heterocycles. The van der Waals surface area contributed by atoms with E-state index in [0.717, 1.165) is 12.1 Å². The minimum atomic E-state index is -4.40. The zero-order chi connectivity index (χ0) is 11.9. The molecule has 0 aliphatic carbocycles. The Hall–Kier alpha value is -1.49. The summed E-state index contributed by atoms with van der Waals surface area (Å²) in [5, 5.41) is 0.299. The van der Waals surface area contributed by atoms with Gasteiger partial charge < -0.3 is 5.73 Å². The van der Waals surface area contributed by atoms with Crippen LogP contribution >= 0.6 is 11.6 Å². The number of fused-ring (bicyclic) bond motifs is 1. The van der Waals surface area contributed by atoms with Gasteiger partial charge in [0.1, 0.15) is 0 Å². The number of nitrogen functional groups attached to an aromatic ring is 1. The molecule has 2 aromatic rings. The summed E-state index contributed by atoms with van der Waals surface area (Å²) in [5.74, 6) is 0. The Morgan fingerprint density at radius 1 is 1.25 bits per heavy atom. The SMILES string of the molecule is Nc1cnc2ccc(C(F)(F)F)cc2c1Cl. The zero-order valence-corrected chi connectivity index (χ0v) is 8.60. The number of nitrogens with zero attached hydrogens (tertiary/aromatic N) is 1. The Balaban J connectivity index is 2.74. The molecule has 2 rings (SSSR count). The fourth-order valence-electron chi connectivity index (χ4n) is 1.35. The molecule has 16 heavy (non-hydrogen) atoms. The minimum Gasteiger partial charge on any atom is -0.396 e. The third-order valence-electron chi connectivity index (χ3n) is 2.16. The number of pyridine rings is 1. The van der Waals surface area contributed by atoms with Crippen LogP contribution in [-0.4, -0.2) is 4.98 Å². The monoisotopic (exact) mass is 246 g/mol. The zero-order valence-electron chi connectivity index (χ0n) is 7.85. The van der Waals surface area contributed by atoms with E-state index in [4.69, 9.17) is 17.3 Å². The topological polar surface area (TPSA) is 38.9 Å². The van der Waals surface area contributed by atoms with Crippen LogP contribution in [0.1, 0.15) is 5.56 Å². The average Bonchev–Trinajstić information content (AvgIpc) is 2.22. The number of alkyl halides is 3. The standard InChI is InChI=1S/C10H6ClF3N2/c11-9-6-3-5(10(12,13)14)1-2-8(6)16-4-7(9)15/h1-4H,15H2. The van der Waals surface area contributed by atoms with Crippen molar-refractivity contribution < 1.29 is 13.2 Å². The van der Waals surface area contributed by atoms with Gasteiger partial charge in [0.25, 0.3) is 0 Å². The highest BCUT2D eigenvalue weighted by atomic mass is 35.5. The van der Waals surface area contributed by atoms with Gasteiger partial charge in [0.2, 0.25) is 0 Å². The molecule has 1 aromatic carbocycles. The van der Waals surface area contributed by atoms with Crippen molar-refractivity contribution in [3.8, 4) is 0 Å². The van der Waals surface area contributed by atoms with Crippen molar-refractivity contribution in [2.24, 2.45) is 0 Å². The van der Waals surface area contributed by atoms with E-state index in [1.165, 1.54) is 12.3 Å². The highest BCUT2D eigenvalue weighted by Gasteiger charge is 2.30. The highest BCUT2D eigenvalue weighted by molar-refractivity contribution is 6.37. The Labute approximate surface area is 93.8 Å². The number of aromatic nitrogens is 1. The molecule has 0 radical (unpaired) electrons. The molecule has 0 aliphatic heterocycles. The Kier molecular flexibility index (Phi) is 2.42. The van der Waals surface area contributed by atoms with E-state index in [1.807, 2.05) is 0 Å². The molecule has 0 saturated heterocycles. The van der Waals surface area contributed by atoms with Crippen LogP contribution in [0.15, 0.2) is 24.4 Å². The molecule has 84 valence electrons. The van der Waals surface area contributed by atoms with Crippen molar-refractivity contribution in [3.05, 3.63) is 35.0 Å². The summed E-state index contributed by atoms with van der Waals surface area (Å²) in [5.41, 5.74) is 5.24. The number of rotatable bonds is 0. The van der Waals surface area contributed by atoms with Crippen LogP contribution < -0.4 is 5.73 Å². The van der Waals surface area contributed by atoms with Gasteiger partial charge in [0.15, 0.2) is 0 Å². The smallest absolute Gasteiger partial charge is 0.396 e. The first-order valence-electron chi connectivity index (χ1n) is 4.30. The van der Waals surface area contributed by atoms with Gasteiger partial charge in [-0.15, -0.1) is 0 Å². The molecule has 2 N–H and O–H groups in total. The van der Waals surface area contributed by atoms with Crippen LogP contribution in [0, 0.1) is 0 Å². The molecule has 0 atom stereocenters. The van der Waals surface area contributed by atoms with Gasteiger partial charge in [-0.25, -0.2) is 0 Å². The number of hydrogen-bond donors (Lipinski definition) is 1. The summed E-state index contributed by atoms with van der Waals surface area (Å²) < 4.78 is 37.4. The quantitative estimate of drug-likeness (QED) is 0.773. The van der Waals surface area contributed by atoms with Crippen LogP contribution in [-0.2, 0) is 6.18 Å². The maximum Gasteiger partial charge on any atom is 0.416 e. The lowest BCUT2D eigenvalue weighted by Crippen LogP contribution is -2.04. The molecule has 0 fully saturated rings. The van der Waals surface area contributed by atoms with Gasteiger partial charge >= 0.3 is 6.18 Å². The van der Waals surface area contributed by atoms with Crippen LogP contribution in [0.3, 0.4) is 0 Å². The second-order valence-corrected chi connectivity index (χ2v) is 3.64. The van der Waals surface area contributed by atoms with Crippen LogP contribution in [0.5, 0.6) is 0 Å². The molecule has 0 aliphatic rings. The van der Waals surface area contributed by atoms with Gasteiger partial charge in [-0.1, -0.05) is 11.6 Å². The summed E-state index contributed by atoms with van der Waals surface area (Å²) in [4.78, 5) is 3.89. The Morgan fingerprint density at radius 2 is 1.94 bits per heavy atom. The van der Waals surface area contributed by atoms with Crippen LogP contribution in [0.4, 0.5) is 18.9 Å². The second kappa shape index (κ2) is 3.52. The lowest BCUT2D eigenvalue weighted by Gasteiger charge is -2.08. The number of benzene rings is 1. The number of hydrogen-bond acceptors (Lipinski definition) is 2. The van der Waals surface area contributed by atoms with Crippen molar-refractivity contribution in [3.63, 3.8) is 0 Å². The highest BCUT2D eigenvalue weighted by Crippen LogP contribution is 2.34. The molecule has 2 nitrogen and oxygen atoms in total. The summed E-state index contributed by atoms with van der Waals surface area (Å²) in [7, 11) is 0. The molecule has 0 saturated carbocycles. The van der Waals surface area contributed by atoms with Gasteiger partial charge in [-0.05, 0) is 18.2 Å². The summed E-state index contributed by atoms with van der Waals surface area (Å²) in [6.07, 6.45) is -3.08. The lowest BCUT2D eigenvalue weighted by molar-refractivity contribution is -0.137. The lowest BCUT2D eigenvalue weighted by atomic mass is 10.1. The van der Waals surface area contributed by atoms with Crippen molar-refractivity contribution in [2.45, 2.75) is 6.18 Å². The molecule has 0 unspecified atom stereocenters. The van der Waals surface area contributed by atoms with Crippen LogP contribution in [0.2, 0.25) is 5.02 Å². The molecule has 0 spiro atoms. The molecular formula is C10H6ClF3N2. The summed E-state index contributed by atoms with van der Waals surface area (Å²) in [6, 6.07) is 3.17. The first-order chi connectivity index (χ1) is 7.39. The molecular weight excluding hydrogens is 241 g/mol. The minimum absolute atomic E-state index is 0.0936. The maximum absolute atomic E-state index is 12.5. The fourth-order valence-corrected chi connectivity index (χ4v) is 1.55. The van der Waals surface area contributed by atoms with Gasteiger partial charge in [0, 0.05) is 5.39 Å². The predicted molar refractivity (Wildman–Crippen MR) is 56.2 cm³/mol. The average molecular weight is 247 g/mol. The van der Waals surface area contributed by atoms with Crippen molar-refractivity contribution in [2.75, 3.05) is 5.73 Å². The first-order valence-corrected chi connectivity index (χ1v) is 4.68. The van der Waals surface area contributed by atoms with E-state index in [9.17, 15) is 13.2 Å². The fraction of sp³-hybridized carbons (Fsp3) is 0.100. The van der Waals surface area contributed by atoms with Gasteiger partial charge in [0.05, 0.1) is 28.0 Å². The van der Waals surface area contributed by atoms with E-state index in [-0.39, 0.29) is 16.1 Å². The molecule has 0 bridgehead atoms. The number of anilines is 1. The van der Waals surface area contributed by atoms with E-state index in [1.54, 1.807) is 0 Å². The van der Waals surface area contributed by atoms with Gasteiger partial charge in [-0.3, -0.25) is 4.98 Å². The third kappa shape index (κ3) is 1.78. The molecule has 1 heterocycles. The normalized spacial score (nSPS) is 12.0. The van der Waals surface area contributed by atoms with Crippen LogP contribution in [0.25, 0.3) is 10.9 Å². The largest absolute Gasteiger partial charge is 0.416 e.